The van der Waals surface area contributed by atoms with Crippen molar-refractivity contribution in [3.63, 3.8) is 0 Å². The molecule has 1 aliphatic rings. The van der Waals surface area contributed by atoms with Gasteiger partial charge in [-0.05, 0) is 44.0 Å². The molecule has 1 aromatic carbocycles. The van der Waals surface area contributed by atoms with Crippen molar-refractivity contribution in [1.29, 1.82) is 0 Å². The van der Waals surface area contributed by atoms with E-state index in [-0.39, 0.29) is 5.82 Å². The van der Waals surface area contributed by atoms with Crippen LogP contribution in [0.5, 0.6) is 0 Å². The maximum Gasteiger partial charge on any atom is 0.154 e. The Labute approximate surface area is 158 Å². The maximum absolute atomic E-state index is 14.2. The quantitative estimate of drug-likeness (QED) is 0.695. The van der Waals surface area contributed by atoms with Crippen LogP contribution in [0.25, 0.3) is 0 Å². The molecule has 0 aliphatic carbocycles. The second-order valence-corrected chi connectivity index (χ2v) is 7.41. The summed E-state index contributed by atoms with van der Waals surface area (Å²) in [5.74, 6) is 2.11. The van der Waals surface area contributed by atoms with Gasteiger partial charge in [-0.25, -0.2) is 4.39 Å². The van der Waals surface area contributed by atoms with E-state index in [0.717, 1.165) is 48.7 Å². The van der Waals surface area contributed by atoms with Gasteiger partial charge in [-0.2, -0.15) is 5.10 Å². The average Bonchev–Trinajstić information content (AvgIpc) is 3.29. The number of rotatable bonds is 5. The Kier molecular flexibility index (Phi) is 5.03. The van der Waals surface area contributed by atoms with Gasteiger partial charge in [0.05, 0.1) is 0 Å². The van der Waals surface area contributed by atoms with Crippen molar-refractivity contribution in [2.45, 2.75) is 38.8 Å². The first-order valence-electron chi connectivity index (χ1n) is 9.43. The third kappa shape index (κ3) is 3.93. The molecule has 142 valence electrons. The van der Waals surface area contributed by atoms with Gasteiger partial charge < -0.3 is 4.57 Å². The summed E-state index contributed by atoms with van der Waals surface area (Å²) < 4.78 is 18.1. The van der Waals surface area contributed by atoms with Crippen LogP contribution in [0.15, 0.2) is 36.7 Å². The van der Waals surface area contributed by atoms with E-state index in [4.69, 9.17) is 0 Å². The number of likely N-dealkylation sites (tertiary alicyclic amines) is 1. The molecule has 1 fully saturated rings. The summed E-state index contributed by atoms with van der Waals surface area (Å²) in [7, 11) is 2.02. The summed E-state index contributed by atoms with van der Waals surface area (Å²) in [5.41, 5.74) is 1.72. The highest BCUT2D eigenvalue weighted by molar-refractivity contribution is 5.23. The SMILES string of the molecule is Cc1ccc(CN2CCC[C@@H](c3nnc(Cn4cccn4)n3C)C2)c(F)c1. The van der Waals surface area contributed by atoms with Crippen LogP contribution in [0.4, 0.5) is 4.39 Å². The monoisotopic (exact) mass is 368 g/mol. The summed E-state index contributed by atoms with van der Waals surface area (Å²) in [4.78, 5) is 2.32. The summed E-state index contributed by atoms with van der Waals surface area (Å²) in [5, 5.41) is 13.1. The van der Waals surface area contributed by atoms with E-state index >= 15 is 0 Å². The average molecular weight is 368 g/mol. The van der Waals surface area contributed by atoms with Crippen LogP contribution in [0, 0.1) is 12.7 Å². The Morgan fingerprint density at radius 1 is 1.22 bits per heavy atom. The lowest BCUT2D eigenvalue weighted by Crippen LogP contribution is -2.35. The number of hydrogen-bond donors (Lipinski definition) is 0. The van der Waals surface area contributed by atoms with Gasteiger partial charge in [0.1, 0.15) is 18.2 Å². The molecule has 0 saturated carbocycles. The summed E-state index contributed by atoms with van der Waals surface area (Å²) in [6, 6.07) is 7.39. The fourth-order valence-electron chi connectivity index (χ4n) is 3.84. The zero-order valence-electron chi connectivity index (χ0n) is 15.8. The maximum atomic E-state index is 14.2. The fraction of sp³-hybridized carbons (Fsp3) is 0.450. The highest BCUT2D eigenvalue weighted by Crippen LogP contribution is 2.27. The molecule has 4 rings (SSSR count). The number of aromatic nitrogens is 5. The van der Waals surface area contributed by atoms with Gasteiger partial charge in [-0.3, -0.25) is 9.58 Å². The molecule has 0 amide bonds. The predicted octanol–water partition coefficient (Wildman–Crippen LogP) is 2.89. The Hall–Kier alpha value is -2.54. The fourth-order valence-corrected chi connectivity index (χ4v) is 3.84. The number of hydrogen-bond acceptors (Lipinski definition) is 4. The minimum Gasteiger partial charge on any atom is -0.316 e. The normalized spacial score (nSPS) is 18.1. The van der Waals surface area contributed by atoms with Crippen LogP contribution in [0.1, 0.15) is 41.5 Å². The van der Waals surface area contributed by atoms with Crippen LogP contribution in [0.3, 0.4) is 0 Å². The van der Waals surface area contributed by atoms with Crippen LogP contribution in [0.2, 0.25) is 0 Å². The van der Waals surface area contributed by atoms with Crippen molar-refractivity contribution in [2.75, 3.05) is 13.1 Å². The Bertz CT molecular complexity index is 901. The first kappa shape index (κ1) is 17.9. The lowest BCUT2D eigenvalue weighted by Gasteiger charge is -2.32. The second kappa shape index (κ2) is 7.60. The molecular formula is C20H25FN6. The molecule has 0 unspecified atom stereocenters. The van der Waals surface area contributed by atoms with E-state index in [1.165, 1.54) is 0 Å². The summed E-state index contributed by atoms with van der Waals surface area (Å²) >= 11 is 0. The highest BCUT2D eigenvalue weighted by Gasteiger charge is 2.26. The molecule has 3 heterocycles. The smallest absolute Gasteiger partial charge is 0.154 e. The standard InChI is InChI=1S/C20H25FN6/c1-15-6-7-16(18(21)11-15)12-26-9-3-5-17(13-26)20-24-23-19(25(20)2)14-27-10-4-8-22-27/h4,6-8,10-11,17H,3,5,9,12-14H2,1-2H3/t17-/m1/s1. The van der Waals surface area contributed by atoms with E-state index in [1.807, 2.05) is 43.0 Å². The highest BCUT2D eigenvalue weighted by atomic mass is 19.1. The van der Waals surface area contributed by atoms with Crippen molar-refractivity contribution >= 4 is 0 Å². The van der Waals surface area contributed by atoms with Gasteiger partial charge in [0.2, 0.25) is 0 Å². The van der Waals surface area contributed by atoms with Crippen LogP contribution in [-0.4, -0.2) is 42.5 Å². The van der Waals surface area contributed by atoms with Gasteiger partial charge in [0, 0.05) is 44.0 Å². The number of nitrogens with zero attached hydrogens (tertiary/aromatic N) is 6. The van der Waals surface area contributed by atoms with E-state index in [1.54, 1.807) is 12.3 Å². The number of benzene rings is 1. The molecule has 7 heteroatoms. The minimum atomic E-state index is -0.114. The third-order valence-corrected chi connectivity index (χ3v) is 5.33. The van der Waals surface area contributed by atoms with Crippen molar-refractivity contribution in [1.82, 2.24) is 29.4 Å². The Morgan fingerprint density at radius 2 is 2.11 bits per heavy atom. The molecule has 0 radical (unpaired) electrons. The molecule has 3 aromatic rings. The lowest BCUT2D eigenvalue weighted by atomic mass is 9.96. The van der Waals surface area contributed by atoms with Crippen molar-refractivity contribution < 1.29 is 4.39 Å². The molecule has 6 nitrogen and oxygen atoms in total. The summed E-state index contributed by atoms with van der Waals surface area (Å²) in [6.45, 7) is 5.03. The Balaban J connectivity index is 1.46. The van der Waals surface area contributed by atoms with E-state index in [0.29, 0.717) is 19.0 Å². The lowest BCUT2D eigenvalue weighted by molar-refractivity contribution is 0.193. The molecule has 1 atom stereocenters. The van der Waals surface area contributed by atoms with Crippen molar-refractivity contribution in [3.8, 4) is 0 Å². The number of piperidine rings is 1. The van der Waals surface area contributed by atoms with E-state index in [2.05, 4.69) is 24.8 Å². The minimum absolute atomic E-state index is 0.114. The molecule has 0 bridgehead atoms. The molecule has 2 aromatic heterocycles. The molecule has 1 aliphatic heterocycles. The number of aryl methyl sites for hydroxylation is 1. The van der Waals surface area contributed by atoms with Gasteiger partial charge >= 0.3 is 0 Å². The largest absolute Gasteiger partial charge is 0.316 e. The molecule has 0 N–H and O–H groups in total. The Morgan fingerprint density at radius 3 is 2.89 bits per heavy atom. The van der Waals surface area contributed by atoms with Crippen LogP contribution >= 0.6 is 0 Å². The van der Waals surface area contributed by atoms with E-state index in [9.17, 15) is 4.39 Å². The summed E-state index contributed by atoms with van der Waals surface area (Å²) in [6.07, 6.45) is 5.85. The van der Waals surface area contributed by atoms with Crippen molar-refractivity contribution in [2.24, 2.45) is 7.05 Å². The zero-order valence-corrected chi connectivity index (χ0v) is 15.8. The zero-order chi connectivity index (χ0) is 18.8. The van der Waals surface area contributed by atoms with Crippen LogP contribution < -0.4 is 0 Å². The van der Waals surface area contributed by atoms with Gasteiger partial charge in [0.15, 0.2) is 5.82 Å². The molecule has 0 spiro atoms. The first-order chi connectivity index (χ1) is 13.1. The molecular weight excluding hydrogens is 343 g/mol. The predicted molar refractivity (Wildman–Crippen MR) is 101 cm³/mol. The molecule has 27 heavy (non-hydrogen) atoms. The van der Waals surface area contributed by atoms with Crippen LogP contribution in [-0.2, 0) is 20.1 Å². The second-order valence-electron chi connectivity index (χ2n) is 7.41. The number of halogens is 1. The van der Waals surface area contributed by atoms with Crippen molar-refractivity contribution in [3.05, 3.63) is 65.3 Å². The van der Waals surface area contributed by atoms with E-state index < -0.39 is 0 Å². The van der Waals surface area contributed by atoms with Gasteiger partial charge in [0.25, 0.3) is 0 Å². The van der Waals surface area contributed by atoms with Gasteiger partial charge in [-0.15, -0.1) is 10.2 Å². The first-order valence-corrected chi connectivity index (χ1v) is 9.43. The molecule has 1 saturated heterocycles. The topological polar surface area (TPSA) is 51.8 Å². The van der Waals surface area contributed by atoms with Gasteiger partial charge in [-0.1, -0.05) is 12.1 Å². The third-order valence-electron chi connectivity index (χ3n) is 5.33.